The summed E-state index contributed by atoms with van der Waals surface area (Å²) in [6.45, 7) is 5.06. The lowest BCUT2D eigenvalue weighted by Gasteiger charge is -2.36. The number of benzene rings is 1. The monoisotopic (exact) mass is 451 g/mol. The fourth-order valence-electron chi connectivity index (χ4n) is 4.11. The van der Waals surface area contributed by atoms with E-state index in [2.05, 4.69) is 10.00 Å². The average Bonchev–Trinajstić information content (AvgIpc) is 3.39. The standard InChI is InChI=1S/C20H26ClN5O3S/c1-15-5-6-16(21)13-18(15)24-9-11-26(12-10-24)30(28,29)19-17(14-23(2)22-19)20(27)25-7-3-4-8-25/h5-6,13-14H,3-4,7-12H2,1-2H3. The Morgan fingerprint density at radius 3 is 2.40 bits per heavy atom. The maximum Gasteiger partial charge on any atom is 0.263 e. The number of aromatic nitrogens is 2. The lowest BCUT2D eigenvalue weighted by atomic mass is 10.1. The summed E-state index contributed by atoms with van der Waals surface area (Å²) in [5, 5.41) is 4.67. The number of aryl methyl sites for hydroxylation is 2. The zero-order valence-corrected chi connectivity index (χ0v) is 18.8. The maximum atomic E-state index is 13.3. The number of hydrogen-bond acceptors (Lipinski definition) is 5. The number of rotatable bonds is 4. The molecular formula is C20H26ClN5O3S. The summed E-state index contributed by atoms with van der Waals surface area (Å²) in [7, 11) is -2.23. The van der Waals surface area contributed by atoms with E-state index in [4.69, 9.17) is 11.6 Å². The van der Waals surface area contributed by atoms with E-state index in [-0.39, 0.29) is 16.5 Å². The van der Waals surface area contributed by atoms with Crippen molar-refractivity contribution >= 4 is 33.2 Å². The van der Waals surface area contributed by atoms with Crippen LogP contribution in [0.5, 0.6) is 0 Å². The van der Waals surface area contributed by atoms with Gasteiger partial charge in [-0.25, -0.2) is 8.42 Å². The first-order valence-corrected chi connectivity index (χ1v) is 11.9. The van der Waals surface area contributed by atoms with Gasteiger partial charge in [0.25, 0.3) is 15.9 Å². The largest absolute Gasteiger partial charge is 0.369 e. The number of carbonyl (C=O) groups is 1. The Labute approximate surface area is 182 Å². The highest BCUT2D eigenvalue weighted by Crippen LogP contribution is 2.27. The van der Waals surface area contributed by atoms with E-state index in [1.165, 1.54) is 15.2 Å². The van der Waals surface area contributed by atoms with Crippen LogP contribution in [-0.4, -0.2) is 72.6 Å². The van der Waals surface area contributed by atoms with Crippen molar-refractivity contribution in [1.82, 2.24) is 19.0 Å². The van der Waals surface area contributed by atoms with Crippen molar-refractivity contribution in [2.45, 2.75) is 24.8 Å². The quantitative estimate of drug-likeness (QED) is 0.711. The Hall–Kier alpha value is -2.10. The topological polar surface area (TPSA) is 78.8 Å². The molecule has 2 aliphatic heterocycles. The molecule has 0 spiro atoms. The number of halogens is 1. The van der Waals surface area contributed by atoms with Crippen molar-refractivity contribution in [3.8, 4) is 0 Å². The smallest absolute Gasteiger partial charge is 0.263 e. The molecule has 1 aromatic carbocycles. The molecule has 30 heavy (non-hydrogen) atoms. The van der Waals surface area contributed by atoms with E-state index in [0.29, 0.717) is 44.3 Å². The molecule has 1 amide bonds. The maximum absolute atomic E-state index is 13.3. The van der Waals surface area contributed by atoms with Crippen molar-refractivity contribution in [3.63, 3.8) is 0 Å². The number of likely N-dealkylation sites (tertiary alicyclic amines) is 1. The summed E-state index contributed by atoms with van der Waals surface area (Å²) in [5.41, 5.74) is 2.27. The number of anilines is 1. The minimum atomic E-state index is -3.87. The molecule has 8 nitrogen and oxygen atoms in total. The highest BCUT2D eigenvalue weighted by Gasteiger charge is 2.36. The minimum absolute atomic E-state index is 0.144. The predicted molar refractivity (Wildman–Crippen MR) is 116 cm³/mol. The Bertz CT molecular complexity index is 1050. The van der Waals surface area contributed by atoms with Gasteiger partial charge in [-0.2, -0.15) is 9.40 Å². The zero-order valence-electron chi connectivity index (χ0n) is 17.2. The van der Waals surface area contributed by atoms with Crippen LogP contribution in [0.2, 0.25) is 5.02 Å². The molecule has 2 fully saturated rings. The molecule has 162 valence electrons. The second-order valence-corrected chi connectivity index (χ2v) is 10.1. The number of amides is 1. The van der Waals surface area contributed by atoms with Gasteiger partial charge in [0.05, 0.1) is 5.56 Å². The van der Waals surface area contributed by atoms with Crippen LogP contribution in [-0.2, 0) is 17.1 Å². The van der Waals surface area contributed by atoms with Gasteiger partial charge in [-0.05, 0) is 37.5 Å². The Kier molecular flexibility index (Phi) is 5.78. The predicted octanol–water partition coefficient (Wildman–Crippen LogP) is 2.13. The van der Waals surface area contributed by atoms with Crippen LogP contribution in [0, 0.1) is 6.92 Å². The van der Waals surface area contributed by atoms with E-state index in [1.54, 1.807) is 11.9 Å². The molecule has 2 saturated heterocycles. The lowest BCUT2D eigenvalue weighted by molar-refractivity contribution is 0.0788. The zero-order chi connectivity index (χ0) is 21.5. The molecule has 0 aliphatic carbocycles. The number of piperazine rings is 1. The van der Waals surface area contributed by atoms with Gasteiger partial charge in [-0.3, -0.25) is 9.48 Å². The van der Waals surface area contributed by atoms with Gasteiger partial charge in [-0.15, -0.1) is 0 Å². The molecule has 4 rings (SSSR count). The van der Waals surface area contributed by atoms with E-state index >= 15 is 0 Å². The number of sulfonamides is 1. The number of carbonyl (C=O) groups excluding carboxylic acids is 1. The summed E-state index contributed by atoms with van der Waals surface area (Å²) in [5.74, 6) is -0.257. The van der Waals surface area contributed by atoms with E-state index in [1.807, 2.05) is 25.1 Å². The van der Waals surface area contributed by atoms with Crippen LogP contribution < -0.4 is 4.90 Å². The van der Waals surface area contributed by atoms with E-state index in [9.17, 15) is 13.2 Å². The molecular weight excluding hydrogens is 426 g/mol. The Morgan fingerprint density at radius 2 is 1.73 bits per heavy atom. The summed E-state index contributed by atoms with van der Waals surface area (Å²) < 4.78 is 29.5. The van der Waals surface area contributed by atoms with Crippen LogP contribution in [0.4, 0.5) is 5.69 Å². The molecule has 10 heteroatoms. The van der Waals surface area contributed by atoms with Gasteiger partial charge in [0.2, 0.25) is 5.03 Å². The van der Waals surface area contributed by atoms with Gasteiger partial charge in [0, 0.05) is 63.2 Å². The molecule has 2 aliphatic rings. The molecule has 0 radical (unpaired) electrons. The van der Waals surface area contributed by atoms with E-state index < -0.39 is 10.0 Å². The van der Waals surface area contributed by atoms with Crippen LogP contribution >= 0.6 is 11.6 Å². The third-order valence-corrected chi connectivity index (χ3v) is 7.82. The van der Waals surface area contributed by atoms with Crippen LogP contribution in [0.3, 0.4) is 0 Å². The normalized spacial score (nSPS) is 18.2. The molecule has 0 bridgehead atoms. The SMILES string of the molecule is Cc1ccc(Cl)cc1N1CCN(S(=O)(=O)c2nn(C)cc2C(=O)N2CCCC2)CC1. The van der Waals surface area contributed by atoms with Gasteiger partial charge in [0.15, 0.2) is 0 Å². The molecule has 1 aromatic heterocycles. The summed E-state index contributed by atoms with van der Waals surface area (Å²) in [6, 6.07) is 5.72. The first-order valence-electron chi connectivity index (χ1n) is 10.1. The second kappa shape index (κ2) is 8.20. The second-order valence-electron chi connectivity index (χ2n) is 7.84. The van der Waals surface area contributed by atoms with Crippen molar-refractivity contribution in [1.29, 1.82) is 0 Å². The molecule has 0 atom stereocenters. The number of nitrogens with zero attached hydrogens (tertiary/aromatic N) is 5. The van der Waals surface area contributed by atoms with Crippen molar-refractivity contribution in [2.75, 3.05) is 44.2 Å². The van der Waals surface area contributed by atoms with Crippen LogP contribution in [0.1, 0.15) is 28.8 Å². The molecule has 0 N–H and O–H groups in total. The summed E-state index contributed by atoms with van der Waals surface area (Å²) >= 11 is 6.14. The highest BCUT2D eigenvalue weighted by atomic mass is 35.5. The third-order valence-electron chi connectivity index (χ3n) is 5.75. The van der Waals surface area contributed by atoms with Crippen LogP contribution in [0.15, 0.2) is 29.4 Å². The summed E-state index contributed by atoms with van der Waals surface area (Å²) in [6.07, 6.45) is 3.40. The number of hydrogen-bond donors (Lipinski definition) is 0. The molecule has 0 unspecified atom stereocenters. The van der Waals surface area contributed by atoms with Crippen molar-refractivity contribution in [2.24, 2.45) is 7.05 Å². The first kappa shape index (κ1) is 21.1. The summed E-state index contributed by atoms with van der Waals surface area (Å²) in [4.78, 5) is 16.7. The highest BCUT2D eigenvalue weighted by molar-refractivity contribution is 7.89. The first-order chi connectivity index (χ1) is 14.3. The molecule has 2 aromatic rings. The van der Waals surface area contributed by atoms with Gasteiger partial charge in [0.1, 0.15) is 0 Å². The molecule has 3 heterocycles. The van der Waals surface area contributed by atoms with Gasteiger partial charge < -0.3 is 9.80 Å². The van der Waals surface area contributed by atoms with Crippen molar-refractivity contribution in [3.05, 3.63) is 40.5 Å². The van der Waals surface area contributed by atoms with Crippen LogP contribution in [0.25, 0.3) is 0 Å². The fourth-order valence-corrected chi connectivity index (χ4v) is 5.82. The van der Waals surface area contributed by atoms with Gasteiger partial charge in [-0.1, -0.05) is 17.7 Å². The van der Waals surface area contributed by atoms with Crippen molar-refractivity contribution < 1.29 is 13.2 Å². The van der Waals surface area contributed by atoms with Gasteiger partial charge >= 0.3 is 0 Å². The van der Waals surface area contributed by atoms with E-state index in [0.717, 1.165) is 24.1 Å². The third kappa shape index (κ3) is 3.93. The minimum Gasteiger partial charge on any atom is -0.369 e. The lowest BCUT2D eigenvalue weighted by Crippen LogP contribution is -2.49. The average molecular weight is 452 g/mol. The Balaban J connectivity index is 1.54. The molecule has 0 saturated carbocycles. The Morgan fingerprint density at radius 1 is 1.07 bits per heavy atom. The fraction of sp³-hybridized carbons (Fsp3) is 0.500.